The summed E-state index contributed by atoms with van der Waals surface area (Å²) in [7, 11) is 1.61. The van der Waals surface area contributed by atoms with Gasteiger partial charge in [-0.25, -0.2) is 8.78 Å². The molecule has 0 saturated carbocycles. The van der Waals surface area contributed by atoms with Gasteiger partial charge in [0.25, 0.3) is 5.91 Å². The Balaban J connectivity index is 2.21. The maximum Gasteiger partial charge on any atom is 0.254 e. The number of halogens is 3. The van der Waals surface area contributed by atoms with Crippen LogP contribution in [0.3, 0.4) is 0 Å². The van der Waals surface area contributed by atoms with Crippen LogP contribution in [-0.2, 0) is 0 Å². The average Bonchev–Trinajstić information content (AvgIpc) is 2.48. The lowest BCUT2D eigenvalue weighted by molar-refractivity contribution is 0.0742. The van der Waals surface area contributed by atoms with E-state index >= 15 is 0 Å². The molecule has 5 heteroatoms. The molecule has 0 aliphatic carbocycles. The van der Waals surface area contributed by atoms with Gasteiger partial charge in [-0.05, 0) is 48.9 Å². The van der Waals surface area contributed by atoms with Crippen molar-refractivity contribution in [2.24, 2.45) is 0 Å². The van der Waals surface area contributed by atoms with Gasteiger partial charge >= 0.3 is 0 Å². The van der Waals surface area contributed by atoms with Crippen molar-refractivity contribution in [1.29, 1.82) is 0 Å². The molecule has 0 heterocycles. The van der Waals surface area contributed by atoms with Crippen LogP contribution in [0.1, 0.15) is 28.9 Å². The second-order valence-electron chi connectivity index (χ2n) is 4.77. The molecule has 0 aliphatic heterocycles. The summed E-state index contributed by atoms with van der Waals surface area (Å²) in [4.78, 5) is 13.8. The topological polar surface area (TPSA) is 20.3 Å². The van der Waals surface area contributed by atoms with Gasteiger partial charge < -0.3 is 4.90 Å². The summed E-state index contributed by atoms with van der Waals surface area (Å²) >= 11 is 5.78. The maximum absolute atomic E-state index is 13.3. The molecule has 1 unspecified atom stereocenters. The third kappa shape index (κ3) is 3.39. The number of carbonyl (C=O) groups is 1. The quantitative estimate of drug-likeness (QED) is 0.820. The van der Waals surface area contributed by atoms with Crippen LogP contribution in [0.5, 0.6) is 0 Å². The first-order chi connectivity index (χ1) is 9.90. The van der Waals surface area contributed by atoms with Crippen LogP contribution in [0.2, 0.25) is 5.02 Å². The highest BCUT2D eigenvalue weighted by molar-refractivity contribution is 6.30. The van der Waals surface area contributed by atoms with Crippen LogP contribution in [0.25, 0.3) is 0 Å². The average molecular weight is 310 g/mol. The summed E-state index contributed by atoms with van der Waals surface area (Å²) in [6.45, 7) is 1.75. The van der Waals surface area contributed by atoms with E-state index in [1.165, 1.54) is 11.0 Å². The third-order valence-corrected chi connectivity index (χ3v) is 3.67. The van der Waals surface area contributed by atoms with Crippen LogP contribution in [-0.4, -0.2) is 17.9 Å². The fourth-order valence-electron chi connectivity index (χ4n) is 1.97. The number of hydrogen-bond acceptors (Lipinski definition) is 1. The molecule has 0 saturated heterocycles. The molecule has 1 atom stereocenters. The van der Waals surface area contributed by atoms with Crippen LogP contribution in [0, 0.1) is 11.6 Å². The molecule has 0 N–H and O–H groups in total. The van der Waals surface area contributed by atoms with Crippen molar-refractivity contribution in [3.8, 4) is 0 Å². The molecule has 2 nitrogen and oxygen atoms in total. The number of carbonyl (C=O) groups excluding carboxylic acids is 1. The molecular formula is C16H14ClF2NO. The van der Waals surface area contributed by atoms with Gasteiger partial charge in [-0.1, -0.05) is 17.7 Å². The van der Waals surface area contributed by atoms with E-state index in [2.05, 4.69) is 0 Å². The molecule has 2 aromatic rings. The van der Waals surface area contributed by atoms with E-state index in [4.69, 9.17) is 11.6 Å². The monoisotopic (exact) mass is 309 g/mol. The van der Waals surface area contributed by atoms with E-state index in [9.17, 15) is 13.6 Å². The van der Waals surface area contributed by atoms with Crippen LogP contribution >= 0.6 is 11.6 Å². The smallest absolute Gasteiger partial charge is 0.254 e. The van der Waals surface area contributed by atoms with Gasteiger partial charge in [0.15, 0.2) is 11.6 Å². The lowest BCUT2D eigenvalue weighted by atomic mass is 10.1. The van der Waals surface area contributed by atoms with Crippen LogP contribution < -0.4 is 0 Å². The fraction of sp³-hybridized carbons (Fsp3) is 0.188. The molecule has 1 amide bonds. The fourth-order valence-corrected chi connectivity index (χ4v) is 2.09. The standard InChI is InChI=1S/C16H14ClF2NO/c1-10(12-5-8-14(18)15(19)9-12)20(2)16(21)11-3-6-13(17)7-4-11/h3-10H,1-2H3. The maximum atomic E-state index is 13.3. The van der Waals surface area contributed by atoms with E-state index in [0.717, 1.165) is 12.1 Å². The van der Waals surface area contributed by atoms with E-state index in [1.807, 2.05) is 0 Å². The molecular weight excluding hydrogens is 296 g/mol. The number of amides is 1. The predicted octanol–water partition coefficient (Wildman–Crippen LogP) is 4.45. The Bertz CT molecular complexity index is 658. The molecule has 0 aliphatic rings. The highest BCUT2D eigenvalue weighted by Crippen LogP contribution is 2.23. The van der Waals surface area contributed by atoms with E-state index in [0.29, 0.717) is 16.1 Å². The SMILES string of the molecule is CC(c1ccc(F)c(F)c1)N(C)C(=O)c1ccc(Cl)cc1. The summed E-state index contributed by atoms with van der Waals surface area (Å²) in [6.07, 6.45) is 0. The normalized spacial score (nSPS) is 12.0. The van der Waals surface area contributed by atoms with Crippen LogP contribution in [0.15, 0.2) is 42.5 Å². The van der Waals surface area contributed by atoms with Crippen molar-refractivity contribution in [3.05, 3.63) is 70.2 Å². The molecule has 0 aromatic heterocycles. The first-order valence-corrected chi connectivity index (χ1v) is 6.75. The van der Waals surface area contributed by atoms with Crippen molar-refractivity contribution in [3.63, 3.8) is 0 Å². The third-order valence-electron chi connectivity index (χ3n) is 3.42. The Morgan fingerprint density at radius 3 is 2.29 bits per heavy atom. The van der Waals surface area contributed by atoms with E-state index in [1.54, 1.807) is 38.2 Å². The molecule has 0 radical (unpaired) electrons. The number of rotatable bonds is 3. The summed E-state index contributed by atoms with van der Waals surface area (Å²) < 4.78 is 26.2. The first-order valence-electron chi connectivity index (χ1n) is 6.38. The molecule has 2 rings (SSSR count). The van der Waals surface area contributed by atoms with Crippen molar-refractivity contribution >= 4 is 17.5 Å². The molecule has 0 bridgehead atoms. The Kier molecular flexibility index (Phi) is 4.58. The highest BCUT2D eigenvalue weighted by atomic mass is 35.5. The molecule has 0 fully saturated rings. The summed E-state index contributed by atoms with van der Waals surface area (Å²) in [5.74, 6) is -2.05. The van der Waals surface area contributed by atoms with Gasteiger partial charge in [-0.15, -0.1) is 0 Å². The Hall–Kier alpha value is -1.94. The number of benzene rings is 2. The van der Waals surface area contributed by atoms with E-state index in [-0.39, 0.29) is 11.9 Å². The van der Waals surface area contributed by atoms with Crippen molar-refractivity contribution < 1.29 is 13.6 Å². The number of hydrogen-bond donors (Lipinski definition) is 0. The minimum atomic E-state index is -0.924. The van der Waals surface area contributed by atoms with Gasteiger partial charge in [-0.2, -0.15) is 0 Å². The largest absolute Gasteiger partial charge is 0.335 e. The van der Waals surface area contributed by atoms with Crippen molar-refractivity contribution in [2.45, 2.75) is 13.0 Å². The Morgan fingerprint density at radius 2 is 1.71 bits per heavy atom. The second kappa shape index (κ2) is 6.22. The van der Waals surface area contributed by atoms with Gasteiger partial charge in [0, 0.05) is 17.6 Å². The van der Waals surface area contributed by atoms with Gasteiger partial charge in [-0.3, -0.25) is 4.79 Å². The number of nitrogens with zero attached hydrogens (tertiary/aromatic N) is 1. The molecule has 110 valence electrons. The van der Waals surface area contributed by atoms with Crippen LogP contribution in [0.4, 0.5) is 8.78 Å². The Morgan fingerprint density at radius 1 is 1.10 bits per heavy atom. The minimum Gasteiger partial charge on any atom is -0.335 e. The summed E-state index contributed by atoms with van der Waals surface area (Å²) in [5, 5.41) is 0.544. The summed E-state index contributed by atoms with van der Waals surface area (Å²) in [5.41, 5.74) is 1.01. The zero-order chi connectivity index (χ0) is 15.6. The predicted molar refractivity (Wildman–Crippen MR) is 78.3 cm³/mol. The van der Waals surface area contributed by atoms with Crippen molar-refractivity contribution in [1.82, 2.24) is 4.90 Å². The zero-order valence-electron chi connectivity index (χ0n) is 11.6. The zero-order valence-corrected chi connectivity index (χ0v) is 12.4. The van der Waals surface area contributed by atoms with Crippen molar-refractivity contribution in [2.75, 3.05) is 7.05 Å². The highest BCUT2D eigenvalue weighted by Gasteiger charge is 2.19. The first kappa shape index (κ1) is 15.4. The minimum absolute atomic E-state index is 0.219. The molecule has 2 aromatic carbocycles. The van der Waals surface area contributed by atoms with Gasteiger partial charge in [0.05, 0.1) is 6.04 Å². The lowest BCUT2D eigenvalue weighted by Crippen LogP contribution is -2.29. The Labute approximate surface area is 127 Å². The van der Waals surface area contributed by atoms with Gasteiger partial charge in [0.1, 0.15) is 0 Å². The second-order valence-corrected chi connectivity index (χ2v) is 5.21. The van der Waals surface area contributed by atoms with Gasteiger partial charge in [0.2, 0.25) is 0 Å². The van der Waals surface area contributed by atoms with E-state index < -0.39 is 11.6 Å². The lowest BCUT2D eigenvalue weighted by Gasteiger charge is -2.25. The summed E-state index contributed by atoms with van der Waals surface area (Å²) in [6, 6.07) is 9.75. The molecule has 0 spiro atoms. The molecule has 21 heavy (non-hydrogen) atoms.